The van der Waals surface area contributed by atoms with Gasteiger partial charge in [-0.2, -0.15) is 0 Å². The number of anilines is 1. The number of amides is 1. The van der Waals surface area contributed by atoms with Crippen LogP contribution in [0, 0.1) is 0 Å². The van der Waals surface area contributed by atoms with E-state index < -0.39 is 0 Å². The number of hydrogen-bond donors (Lipinski definition) is 2. The quantitative estimate of drug-likeness (QED) is 0.801. The third-order valence-corrected chi connectivity index (χ3v) is 3.04. The van der Waals surface area contributed by atoms with Crippen LogP contribution in [0.4, 0.5) is 5.69 Å². The number of carbonyl (C=O) groups is 1. The molecule has 1 aromatic heterocycles. The molecule has 0 spiro atoms. The Kier molecular flexibility index (Phi) is 4.87. The van der Waals surface area contributed by atoms with Crippen molar-refractivity contribution in [3.63, 3.8) is 0 Å². The Balaban J connectivity index is 2.07. The van der Waals surface area contributed by atoms with Crippen molar-refractivity contribution < 1.29 is 13.9 Å². The molecule has 0 saturated heterocycles. The minimum Gasteiger partial charge on any atom is -0.491 e. The highest BCUT2D eigenvalue weighted by atomic mass is 16.5. The van der Waals surface area contributed by atoms with Crippen LogP contribution in [0.25, 0.3) is 0 Å². The summed E-state index contributed by atoms with van der Waals surface area (Å²) >= 11 is 0. The maximum Gasteiger partial charge on any atom is 0.255 e. The van der Waals surface area contributed by atoms with Gasteiger partial charge in [-0.1, -0.05) is 6.07 Å². The Morgan fingerprint density at radius 3 is 2.86 bits per heavy atom. The Hall–Kier alpha value is -2.43. The van der Waals surface area contributed by atoms with E-state index in [4.69, 9.17) is 14.9 Å². The van der Waals surface area contributed by atoms with Crippen LogP contribution in [0.15, 0.2) is 41.0 Å². The molecule has 112 valence electrons. The number of para-hydroxylation sites is 1. The molecule has 0 fully saturated rings. The average Bonchev–Trinajstić information content (AvgIpc) is 2.93. The highest BCUT2D eigenvalue weighted by Gasteiger charge is 2.17. The van der Waals surface area contributed by atoms with E-state index in [9.17, 15) is 4.79 Å². The molecule has 0 aliphatic rings. The van der Waals surface area contributed by atoms with E-state index >= 15 is 0 Å². The molecule has 0 radical (unpaired) electrons. The van der Waals surface area contributed by atoms with Gasteiger partial charge >= 0.3 is 0 Å². The lowest BCUT2D eigenvalue weighted by molar-refractivity contribution is 0.0935. The molecule has 1 atom stereocenters. The summed E-state index contributed by atoms with van der Waals surface area (Å²) < 4.78 is 10.7. The lowest BCUT2D eigenvalue weighted by Crippen LogP contribution is -2.34. The summed E-state index contributed by atoms with van der Waals surface area (Å²) in [6.07, 6.45) is 2.25. The fourth-order valence-electron chi connectivity index (χ4n) is 2.12. The summed E-state index contributed by atoms with van der Waals surface area (Å²) in [5.41, 5.74) is 6.77. The fourth-order valence-corrected chi connectivity index (χ4v) is 2.12. The predicted octanol–water partition coefficient (Wildman–Crippen LogP) is 2.62. The summed E-state index contributed by atoms with van der Waals surface area (Å²) in [6, 6.07) is 8.82. The molecule has 1 amide bonds. The SMILES string of the molecule is CCOc1c(N)cccc1C(=O)NC(C)Cc1ccco1. The van der Waals surface area contributed by atoms with Crippen molar-refractivity contribution in [2.75, 3.05) is 12.3 Å². The Morgan fingerprint density at radius 2 is 2.19 bits per heavy atom. The topological polar surface area (TPSA) is 77.5 Å². The highest BCUT2D eigenvalue weighted by Crippen LogP contribution is 2.26. The standard InChI is InChI=1S/C16H20N2O3/c1-3-20-15-13(7-4-8-14(15)17)16(19)18-11(2)10-12-6-5-9-21-12/h4-9,11H,3,10,17H2,1-2H3,(H,18,19). The maximum atomic E-state index is 12.4. The number of nitrogen functional groups attached to an aromatic ring is 1. The average molecular weight is 288 g/mol. The van der Waals surface area contributed by atoms with Gasteiger partial charge in [0.2, 0.25) is 0 Å². The molecule has 1 unspecified atom stereocenters. The van der Waals surface area contributed by atoms with Gasteiger partial charge < -0.3 is 20.2 Å². The maximum absolute atomic E-state index is 12.4. The van der Waals surface area contributed by atoms with Crippen LogP contribution in [0.5, 0.6) is 5.75 Å². The van der Waals surface area contributed by atoms with Crippen LogP contribution in [-0.4, -0.2) is 18.6 Å². The predicted molar refractivity (Wildman–Crippen MR) is 81.4 cm³/mol. The van der Waals surface area contributed by atoms with E-state index in [1.54, 1.807) is 24.5 Å². The lowest BCUT2D eigenvalue weighted by Gasteiger charge is -2.16. The van der Waals surface area contributed by atoms with Crippen LogP contribution >= 0.6 is 0 Å². The van der Waals surface area contributed by atoms with E-state index in [1.165, 1.54) is 0 Å². The highest BCUT2D eigenvalue weighted by molar-refractivity contribution is 5.98. The van der Waals surface area contributed by atoms with Crippen molar-refractivity contribution in [1.82, 2.24) is 5.32 Å². The van der Waals surface area contributed by atoms with E-state index in [0.717, 1.165) is 5.76 Å². The summed E-state index contributed by atoms with van der Waals surface area (Å²) in [4.78, 5) is 12.4. The van der Waals surface area contributed by atoms with Crippen molar-refractivity contribution >= 4 is 11.6 Å². The first-order valence-electron chi connectivity index (χ1n) is 6.96. The van der Waals surface area contributed by atoms with Crippen LogP contribution in [0.3, 0.4) is 0 Å². The molecule has 3 N–H and O–H groups in total. The van der Waals surface area contributed by atoms with E-state index in [1.807, 2.05) is 26.0 Å². The van der Waals surface area contributed by atoms with E-state index in [2.05, 4.69) is 5.32 Å². The first kappa shape index (κ1) is 15.0. The van der Waals surface area contributed by atoms with Gasteiger partial charge in [0, 0.05) is 12.5 Å². The van der Waals surface area contributed by atoms with Gasteiger partial charge in [-0.3, -0.25) is 4.79 Å². The second-order valence-electron chi connectivity index (χ2n) is 4.81. The number of carbonyl (C=O) groups excluding carboxylic acids is 1. The molecule has 0 aliphatic carbocycles. The van der Waals surface area contributed by atoms with Crippen molar-refractivity contribution in [1.29, 1.82) is 0 Å². The third kappa shape index (κ3) is 3.78. The molecule has 2 rings (SSSR count). The zero-order valence-electron chi connectivity index (χ0n) is 12.3. The Morgan fingerprint density at radius 1 is 1.38 bits per heavy atom. The summed E-state index contributed by atoms with van der Waals surface area (Å²) in [5, 5.41) is 2.93. The first-order valence-corrected chi connectivity index (χ1v) is 6.96. The minimum absolute atomic E-state index is 0.0560. The molecular weight excluding hydrogens is 268 g/mol. The van der Waals surface area contributed by atoms with Gasteiger partial charge in [0.05, 0.1) is 24.1 Å². The largest absolute Gasteiger partial charge is 0.491 e. The normalized spacial score (nSPS) is 11.9. The number of nitrogens with two attached hydrogens (primary N) is 1. The number of furan rings is 1. The molecule has 2 aromatic rings. The van der Waals surface area contributed by atoms with Gasteiger partial charge in [0.25, 0.3) is 5.91 Å². The minimum atomic E-state index is -0.204. The summed E-state index contributed by atoms with van der Waals surface area (Å²) in [5.74, 6) is 1.06. The number of hydrogen-bond acceptors (Lipinski definition) is 4. The van der Waals surface area contributed by atoms with Crippen LogP contribution in [0.1, 0.15) is 30.0 Å². The fraction of sp³-hybridized carbons (Fsp3) is 0.312. The zero-order valence-corrected chi connectivity index (χ0v) is 12.3. The molecule has 5 nitrogen and oxygen atoms in total. The van der Waals surface area contributed by atoms with Gasteiger partial charge in [-0.25, -0.2) is 0 Å². The lowest BCUT2D eigenvalue weighted by atomic mass is 10.1. The Labute approximate surface area is 124 Å². The van der Waals surface area contributed by atoms with Crippen LogP contribution in [-0.2, 0) is 6.42 Å². The third-order valence-electron chi connectivity index (χ3n) is 3.04. The molecule has 0 bridgehead atoms. The number of benzene rings is 1. The summed E-state index contributed by atoms with van der Waals surface area (Å²) in [7, 11) is 0. The van der Waals surface area contributed by atoms with Crippen molar-refractivity contribution in [3.8, 4) is 5.75 Å². The zero-order chi connectivity index (χ0) is 15.2. The molecular formula is C16H20N2O3. The molecule has 0 saturated carbocycles. The van der Waals surface area contributed by atoms with Gasteiger partial charge in [-0.15, -0.1) is 0 Å². The molecule has 1 aromatic carbocycles. The van der Waals surface area contributed by atoms with Crippen molar-refractivity contribution in [2.24, 2.45) is 0 Å². The second kappa shape index (κ2) is 6.83. The first-order chi connectivity index (χ1) is 10.1. The van der Waals surface area contributed by atoms with Crippen molar-refractivity contribution in [3.05, 3.63) is 47.9 Å². The van der Waals surface area contributed by atoms with Crippen molar-refractivity contribution in [2.45, 2.75) is 26.3 Å². The van der Waals surface area contributed by atoms with E-state index in [0.29, 0.717) is 30.0 Å². The number of rotatable bonds is 6. The Bertz CT molecular complexity index is 594. The van der Waals surface area contributed by atoms with Crippen LogP contribution < -0.4 is 15.8 Å². The van der Waals surface area contributed by atoms with Gasteiger partial charge in [-0.05, 0) is 38.1 Å². The smallest absolute Gasteiger partial charge is 0.255 e. The number of ether oxygens (including phenoxy) is 1. The number of nitrogens with one attached hydrogen (secondary N) is 1. The molecule has 1 heterocycles. The summed E-state index contributed by atoms with van der Waals surface area (Å²) in [6.45, 7) is 4.23. The molecule has 5 heteroatoms. The molecule has 0 aliphatic heterocycles. The van der Waals surface area contributed by atoms with Gasteiger partial charge in [0.1, 0.15) is 5.76 Å². The van der Waals surface area contributed by atoms with E-state index in [-0.39, 0.29) is 11.9 Å². The van der Waals surface area contributed by atoms with Gasteiger partial charge in [0.15, 0.2) is 5.75 Å². The monoisotopic (exact) mass is 288 g/mol. The van der Waals surface area contributed by atoms with Crippen LogP contribution in [0.2, 0.25) is 0 Å². The molecule has 21 heavy (non-hydrogen) atoms. The second-order valence-corrected chi connectivity index (χ2v) is 4.81.